The van der Waals surface area contributed by atoms with E-state index in [-0.39, 0.29) is 17.7 Å². The minimum atomic E-state index is -2.50. The van der Waals surface area contributed by atoms with Crippen molar-refractivity contribution in [3.8, 4) is 5.75 Å². The topological polar surface area (TPSA) is 35.2 Å². The van der Waals surface area contributed by atoms with Crippen molar-refractivity contribution in [3.05, 3.63) is 65.0 Å². The average molecular weight is 293 g/mol. The van der Waals surface area contributed by atoms with E-state index in [4.69, 9.17) is 10.5 Å². The zero-order valence-electron chi connectivity index (χ0n) is 11.1. The Morgan fingerprint density at radius 3 is 2.48 bits per heavy atom. The van der Waals surface area contributed by atoms with E-state index in [0.717, 1.165) is 11.1 Å². The molecule has 0 radical (unpaired) electrons. The number of nitrogens with two attached hydrogens (primary N) is 1. The van der Waals surface area contributed by atoms with E-state index in [1.807, 2.05) is 0 Å². The third-order valence-corrected chi connectivity index (χ3v) is 3.67. The smallest absolute Gasteiger partial charge is 0.263 e. The third kappa shape index (κ3) is 2.74. The lowest BCUT2D eigenvalue weighted by atomic mass is 9.93. The second-order valence-electron chi connectivity index (χ2n) is 5.10. The molecule has 0 spiro atoms. The monoisotopic (exact) mass is 293 g/mol. The van der Waals surface area contributed by atoms with Crippen LogP contribution in [0.15, 0.2) is 42.5 Å². The first kappa shape index (κ1) is 13.9. The highest BCUT2D eigenvalue weighted by Crippen LogP contribution is 2.40. The van der Waals surface area contributed by atoms with Gasteiger partial charge in [-0.2, -0.15) is 0 Å². The van der Waals surface area contributed by atoms with E-state index in [1.54, 1.807) is 18.2 Å². The highest BCUT2D eigenvalue weighted by molar-refractivity contribution is 5.39. The van der Waals surface area contributed by atoms with Gasteiger partial charge in [0.15, 0.2) is 0 Å². The van der Waals surface area contributed by atoms with Gasteiger partial charge in [-0.25, -0.2) is 13.2 Å². The molecule has 2 nitrogen and oxygen atoms in total. The van der Waals surface area contributed by atoms with Crippen LogP contribution in [0.2, 0.25) is 0 Å². The van der Waals surface area contributed by atoms with Crippen molar-refractivity contribution < 1.29 is 17.9 Å². The zero-order chi connectivity index (χ0) is 15.0. The van der Waals surface area contributed by atoms with Gasteiger partial charge < -0.3 is 10.5 Å². The first-order valence-electron chi connectivity index (χ1n) is 6.64. The second-order valence-corrected chi connectivity index (χ2v) is 5.10. The molecule has 1 aliphatic heterocycles. The van der Waals surface area contributed by atoms with Crippen molar-refractivity contribution in [1.82, 2.24) is 0 Å². The number of hydrogen-bond acceptors (Lipinski definition) is 2. The van der Waals surface area contributed by atoms with Crippen LogP contribution in [0, 0.1) is 5.82 Å². The SMILES string of the molecule is NC1CC(c2ccc(C(F)F)cc2)Oc2cc(F)ccc21. The van der Waals surface area contributed by atoms with Crippen LogP contribution in [-0.2, 0) is 0 Å². The van der Waals surface area contributed by atoms with Gasteiger partial charge >= 0.3 is 0 Å². The van der Waals surface area contributed by atoms with Crippen LogP contribution in [0.1, 0.15) is 41.7 Å². The normalized spacial score (nSPS) is 21.0. The van der Waals surface area contributed by atoms with Gasteiger partial charge in [0.1, 0.15) is 17.7 Å². The molecule has 21 heavy (non-hydrogen) atoms. The zero-order valence-corrected chi connectivity index (χ0v) is 11.1. The molecule has 2 aromatic carbocycles. The third-order valence-electron chi connectivity index (χ3n) is 3.67. The molecule has 2 atom stereocenters. The second kappa shape index (κ2) is 5.41. The number of halogens is 3. The van der Waals surface area contributed by atoms with Crippen LogP contribution >= 0.6 is 0 Å². The van der Waals surface area contributed by atoms with E-state index in [9.17, 15) is 13.2 Å². The molecule has 0 fully saturated rings. The summed E-state index contributed by atoms with van der Waals surface area (Å²) in [5, 5.41) is 0. The molecule has 2 unspecified atom stereocenters. The van der Waals surface area contributed by atoms with E-state index in [1.165, 1.54) is 24.3 Å². The predicted molar refractivity (Wildman–Crippen MR) is 72.7 cm³/mol. The summed E-state index contributed by atoms with van der Waals surface area (Å²) in [6, 6.07) is 9.94. The Bertz CT molecular complexity index is 642. The molecule has 0 saturated heterocycles. The minimum absolute atomic E-state index is 0.0368. The largest absolute Gasteiger partial charge is 0.485 e. The Kier molecular flexibility index (Phi) is 3.59. The maximum atomic E-state index is 13.3. The number of alkyl halides is 2. The van der Waals surface area contributed by atoms with Crippen LogP contribution in [0.25, 0.3) is 0 Å². The lowest BCUT2D eigenvalue weighted by Gasteiger charge is -2.30. The molecule has 5 heteroatoms. The average Bonchev–Trinajstić information content (AvgIpc) is 2.46. The summed E-state index contributed by atoms with van der Waals surface area (Å²) in [5.41, 5.74) is 7.56. The highest BCUT2D eigenvalue weighted by atomic mass is 19.3. The lowest BCUT2D eigenvalue weighted by molar-refractivity contribution is 0.150. The molecule has 0 aromatic heterocycles. The van der Waals surface area contributed by atoms with Crippen LogP contribution in [0.4, 0.5) is 13.2 Å². The van der Waals surface area contributed by atoms with Crippen molar-refractivity contribution in [1.29, 1.82) is 0 Å². The van der Waals surface area contributed by atoms with Gasteiger partial charge in [-0.15, -0.1) is 0 Å². The van der Waals surface area contributed by atoms with E-state index in [2.05, 4.69) is 0 Å². The number of benzene rings is 2. The van der Waals surface area contributed by atoms with E-state index < -0.39 is 12.2 Å². The number of hydrogen-bond donors (Lipinski definition) is 1. The molecule has 1 heterocycles. The maximum Gasteiger partial charge on any atom is 0.263 e. The Morgan fingerprint density at radius 2 is 1.81 bits per heavy atom. The molecule has 2 aromatic rings. The van der Waals surface area contributed by atoms with Gasteiger partial charge in [0.05, 0.1) is 0 Å². The van der Waals surface area contributed by atoms with Gasteiger partial charge in [0, 0.05) is 29.7 Å². The fourth-order valence-electron chi connectivity index (χ4n) is 2.54. The molecule has 0 aliphatic carbocycles. The molecular formula is C16H14F3NO. The molecule has 0 saturated carbocycles. The van der Waals surface area contributed by atoms with Crippen molar-refractivity contribution in [2.75, 3.05) is 0 Å². The fraction of sp³-hybridized carbons (Fsp3) is 0.250. The first-order chi connectivity index (χ1) is 10.0. The Morgan fingerprint density at radius 1 is 1.10 bits per heavy atom. The Labute approximate surface area is 120 Å². The van der Waals surface area contributed by atoms with Crippen LogP contribution in [-0.4, -0.2) is 0 Å². The summed E-state index contributed by atoms with van der Waals surface area (Å²) in [7, 11) is 0. The van der Waals surface area contributed by atoms with Crippen molar-refractivity contribution in [3.63, 3.8) is 0 Å². The summed E-state index contributed by atoms with van der Waals surface area (Å²) in [6.07, 6.45) is -2.34. The molecule has 0 amide bonds. The molecular weight excluding hydrogens is 279 g/mol. The highest BCUT2D eigenvalue weighted by Gasteiger charge is 2.27. The van der Waals surface area contributed by atoms with Gasteiger partial charge in [-0.05, 0) is 11.6 Å². The Balaban J connectivity index is 1.88. The van der Waals surface area contributed by atoms with Gasteiger partial charge in [-0.1, -0.05) is 30.3 Å². The van der Waals surface area contributed by atoms with E-state index >= 15 is 0 Å². The Hall–Kier alpha value is -2.01. The molecule has 0 bridgehead atoms. The fourth-order valence-corrected chi connectivity index (χ4v) is 2.54. The lowest BCUT2D eigenvalue weighted by Crippen LogP contribution is -2.24. The molecule has 3 rings (SSSR count). The molecule has 1 aliphatic rings. The van der Waals surface area contributed by atoms with Crippen molar-refractivity contribution in [2.45, 2.75) is 25.0 Å². The summed E-state index contributed by atoms with van der Waals surface area (Å²) >= 11 is 0. The van der Waals surface area contributed by atoms with Gasteiger partial charge in [0.25, 0.3) is 6.43 Å². The standard InChI is InChI=1S/C16H14F3NO/c17-11-5-6-12-13(20)8-14(21-15(12)7-11)9-1-3-10(4-2-9)16(18)19/h1-7,13-14,16H,8,20H2. The summed E-state index contributed by atoms with van der Waals surface area (Å²) in [6.45, 7) is 0. The summed E-state index contributed by atoms with van der Waals surface area (Å²) in [5.74, 6) is 0.0198. The van der Waals surface area contributed by atoms with Gasteiger partial charge in [-0.3, -0.25) is 0 Å². The van der Waals surface area contributed by atoms with Crippen molar-refractivity contribution >= 4 is 0 Å². The maximum absolute atomic E-state index is 13.3. The molecule has 2 N–H and O–H groups in total. The quantitative estimate of drug-likeness (QED) is 0.896. The minimum Gasteiger partial charge on any atom is -0.485 e. The number of rotatable bonds is 2. The summed E-state index contributed by atoms with van der Waals surface area (Å²) < 4.78 is 44.2. The predicted octanol–water partition coefficient (Wildman–Crippen LogP) is 4.29. The van der Waals surface area contributed by atoms with Crippen molar-refractivity contribution in [2.24, 2.45) is 5.73 Å². The first-order valence-corrected chi connectivity index (χ1v) is 6.64. The number of fused-ring (bicyclic) bond motifs is 1. The number of ether oxygens (including phenoxy) is 1. The van der Waals surface area contributed by atoms with Gasteiger partial charge in [0.2, 0.25) is 0 Å². The van der Waals surface area contributed by atoms with Crippen LogP contribution in [0.5, 0.6) is 5.75 Å². The van der Waals surface area contributed by atoms with Crippen LogP contribution in [0.3, 0.4) is 0 Å². The summed E-state index contributed by atoms with van der Waals surface area (Å²) in [4.78, 5) is 0. The van der Waals surface area contributed by atoms with Crippen LogP contribution < -0.4 is 10.5 Å². The molecule has 110 valence electrons. The van der Waals surface area contributed by atoms with E-state index in [0.29, 0.717) is 12.2 Å².